The average molecular weight is 278 g/mol. The van der Waals surface area contributed by atoms with Crippen molar-refractivity contribution in [3.63, 3.8) is 0 Å². The fraction of sp³-hybridized carbons (Fsp3) is 0.364. The first kappa shape index (κ1) is 14.9. The Morgan fingerprint density at radius 2 is 1.68 bits per heavy atom. The molecule has 5 nitrogen and oxygen atoms in total. The van der Waals surface area contributed by atoms with Crippen molar-refractivity contribution < 1.29 is 27.4 Å². The zero-order valence-electron chi connectivity index (χ0n) is 10.3. The van der Waals surface area contributed by atoms with Crippen molar-refractivity contribution in [2.24, 2.45) is 0 Å². The molecule has 2 N–H and O–H groups in total. The molecule has 0 unspecified atom stereocenters. The number of nitrogens with one attached hydrogen (secondary N) is 2. The highest BCUT2D eigenvalue weighted by Crippen LogP contribution is 2.25. The molecule has 1 aromatic rings. The van der Waals surface area contributed by atoms with Crippen LogP contribution < -0.4 is 20.1 Å². The van der Waals surface area contributed by atoms with Gasteiger partial charge in [-0.3, -0.25) is 0 Å². The number of rotatable bonds is 4. The second kappa shape index (κ2) is 6.17. The Bertz CT molecular complexity index is 427. The number of carbonyl (C=O) groups excluding carboxylic acids is 1. The third-order valence-electron chi connectivity index (χ3n) is 2.06. The molecule has 0 aliphatic carbocycles. The number of methoxy groups -OCH3 is 2. The molecule has 8 heteroatoms. The highest BCUT2D eigenvalue weighted by atomic mass is 19.4. The molecule has 0 atom stereocenters. The summed E-state index contributed by atoms with van der Waals surface area (Å²) in [5, 5.41) is 3.94. The third-order valence-corrected chi connectivity index (χ3v) is 2.06. The summed E-state index contributed by atoms with van der Waals surface area (Å²) in [5.74, 6) is 0.816. The standard InChI is InChI=1S/C11H13F3N2O3/c1-18-8-3-7(4-9(5-8)19-2)16-10(17)15-6-11(12,13)14/h3-5H,6H2,1-2H3,(H2,15,16,17). The summed E-state index contributed by atoms with van der Waals surface area (Å²) >= 11 is 0. The number of urea groups is 1. The van der Waals surface area contributed by atoms with E-state index in [1.807, 2.05) is 0 Å². The summed E-state index contributed by atoms with van der Waals surface area (Å²) in [7, 11) is 2.84. The molecular formula is C11H13F3N2O3. The van der Waals surface area contributed by atoms with Crippen molar-refractivity contribution in [2.45, 2.75) is 6.18 Å². The Hall–Kier alpha value is -2.12. The van der Waals surface area contributed by atoms with E-state index >= 15 is 0 Å². The number of alkyl halides is 3. The first-order chi connectivity index (χ1) is 8.84. The fourth-order valence-electron chi connectivity index (χ4n) is 1.24. The Kier molecular flexibility index (Phi) is 4.85. The van der Waals surface area contributed by atoms with E-state index in [-0.39, 0.29) is 5.69 Å². The zero-order chi connectivity index (χ0) is 14.5. The van der Waals surface area contributed by atoms with Crippen molar-refractivity contribution in [1.82, 2.24) is 5.32 Å². The van der Waals surface area contributed by atoms with Gasteiger partial charge in [-0.2, -0.15) is 13.2 Å². The van der Waals surface area contributed by atoms with Gasteiger partial charge in [0, 0.05) is 23.9 Å². The third kappa shape index (κ3) is 5.36. The monoisotopic (exact) mass is 278 g/mol. The molecule has 19 heavy (non-hydrogen) atoms. The summed E-state index contributed by atoms with van der Waals surface area (Å²) in [5.41, 5.74) is 0.260. The first-order valence-corrected chi connectivity index (χ1v) is 5.18. The summed E-state index contributed by atoms with van der Waals surface area (Å²) in [4.78, 5) is 11.3. The summed E-state index contributed by atoms with van der Waals surface area (Å²) in [6, 6.07) is 3.51. The van der Waals surface area contributed by atoms with E-state index in [1.54, 1.807) is 11.4 Å². The minimum Gasteiger partial charge on any atom is -0.497 e. The minimum atomic E-state index is -4.45. The van der Waals surface area contributed by atoms with Crippen LogP contribution in [0.25, 0.3) is 0 Å². The van der Waals surface area contributed by atoms with Crippen LogP contribution in [0.15, 0.2) is 18.2 Å². The molecule has 0 aromatic heterocycles. The predicted octanol–water partition coefficient (Wildman–Crippen LogP) is 2.39. The van der Waals surface area contributed by atoms with Crippen molar-refractivity contribution in [2.75, 3.05) is 26.1 Å². The fourth-order valence-corrected chi connectivity index (χ4v) is 1.24. The van der Waals surface area contributed by atoms with Gasteiger partial charge in [-0.25, -0.2) is 4.79 Å². The van der Waals surface area contributed by atoms with E-state index in [0.29, 0.717) is 11.5 Å². The van der Waals surface area contributed by atoms with Crippen LogP contribution in [0.5, 0.6) is 11.5 Å². The van der Waals surface area contributed by atoms with E-state index in [4.69, 9.17) is 9.47 Å². The van der Waals surface area contributed by atoms with Crippen molar-refractivity contribution >= 4 is 11.7 Å². The van der Waals surface area contributed by atoms with Gasteiger partial charge in [0.15, 0.2) is 0 Å². The average Bonchev–Trinajstić information content (AvgIpc) is 2.35. The first-order valence-electron chi connectivity index (χ1n) is 5.18. The van der Waals surface area contributed by atoms with Gasteiger partial charge in [-0.1, -0.05) is 0 Å². The number of carbonyl (C=O) groups is 1. The molecule has 0 fully saturated rings. The quantitative estimate of drug-likeness (QED) is 0.889. The molecular weight excluding hydrogens is 265 g/mol. The highest BCUT2D eigenvalue weighted by molar-refractivity contribution is 5.89. The van der Waals surface area contributed by atoms with E-state index in [1.165, 1.54) is 26.4 Å². The van der Waals surface area contributed by atoms with Crippen molar-refractivity contribution in [3.8, 4) is 11.5 Å². The van der Waals surface area contributed by atoms with Crippen molar-refractivity contribution in [3.05, 3.63) is 18.2 Å². The van der Waals surface area contributed by atoms with Gasteiger partial charge < -0.3 is 20.1 Å². The molecule has 0 aliphatic rings. The predicted molar refractivity (Wildman–Crippen MR) is 62.6 cm³/mol. The van der Waals surface area contributed by atoms with E-state index in [9.17, 15) is 18.0 Å². The van der Waals surface area contributed by atoms with E-state index < -0.39 is 18.8 Å². The zero-order valence-corrected chi connectivity index (χ0v) is 10.3. The van der Waals surface area contributed by atoms with Crippen molar-refractivity contribution in [1.29, 1.82) is 0 Å². The number of amides is 2. The number of halogens is 3. The molecule has 0 saturated heterocycles. The molecule has 0 bridgehead atoms. The molecule has 0 aliphatic heterocycles. The Labute approximate surface area is 107 Å². The van der Waals surface area contributed by atoms with Crippen LogP contribution >= 0.6 is 0 Å². The summed E-state index contributed by atoms with van der Waals surface area (Å²) < 4.78 is 45.7. The van der Waals surface area contributed by atoms with Gasteiger partial charge in [0.05, 0.1) is 14.2 Å². The Morgan fingerprint density at radius 1 is 1.16 bits per heavy atom. The normalized spacial score (nSPS) is 10.8. The smallest absolute Gasteiger partial charge is 0.405 e. The lowest BCUT2D eigenvalue weighted by molar-refractivity contribution is -0.122. The maximum absolute atomic E-state index is 11.9. The van der Waals surface area contributed by atoms with Crippen LogP contribution in [-0.2, 0) is 0 Å². The van der Waals surface area contributed by atoms with Gasteiger partial charge in [0.25, 0.3) is 0 Å². The highest BCUT2D eigenvalue weighted by Gasteiger charge is 2.27. The maximum atomic E-state index is 11.9. The lowest BCUT2D eigenvalue weighted by Crippen LogP contribution is -2.36. The van der Waals surface area contributed by atoms with Crippen LogP contribution in [0.2, 0.25) is 0 Å². The van der Waals surface area contributed by atoms with Crippen LogP contribution in [0.3, 0.4) is 0 Å². The maximum Gasteiger partial charge on any atom is 0.405 e. The molecule has 0 saturated carbocycles. The molecule has 0 spiro atoms. The summed E-state index contributed by atoms with van der Waals surface area (Å²) in [6.07, 6.45) is -4.45. The van der Waals surface area contributed by atoms with Gasteiger partial charge in [0.1, 0.15) is 18.0 Å². The largest absolute Gasteiger partial charge is 0.497 e. The minimum absolute atomic E-state index is 0.260. The second-order valence-corrected chi connectivity index (χ2v) is 3.52. The van der Waals surface area contributed by atoms with Gasteiger partial charge >= 0.3 is 12.2 Å². The Morgan fingerprint density at radius 3 is 2.11 bits per heavy atom. The van der Waals surface area contributed by atoms with Crippen LogP contribution in [0.4, 0.5) is 23.7 Å². The van der Waals surface area contributed by atoms with Crippen LogP contribution in [-0.4, -0.2) is 33.0 Å². The Balaban J connectivity index is 2.68. The van der Waals surface area contributed by atoms with Gasteiger partial charge in [-0.15, -0.1) is 0 Å². The van der Waals surface area contributed by atoms with Crippen LogP contribution in [0, 0.1) is 0 Å². The number of benzene rings is 1. The lowest BCUT2D eigenvalue weighted by atomic mass is 10.3. The number of hydrogen-bond acceptors (Lipinski definition) is 3. The molecule has 1 rings (SSSR count). The molecule has 0 radical (unpaired) electrons. The van der Waals surface area contributed by atoms with Gasteiger partial charge in [0.2, 0.25) is 0 Å². The molecule has 1 aromatic carbocycles. The number of hydrogen-bond donors (Lipinski definition) is 2. The number of ether oxygens (including phenoxy) is 2. The SMILES string of the molecule is COc1cc(NC(=O)NCC(F)(F)F)cc(OC)c1. The van der Waals surface area contributed by atoms with Gasteiger partial charge in [-0.05, 0) is 0 Å². The summed E-state index contributed by atoms with van der Waals surface area (Å²) in [6.45, 7) is -1.40. The van der Waals surface area contributed by atoms with E-state index in [2.05, 4.69) is 5.32 Å². The number of anilines is 1. The molecule has 106 valence electrons. The molecule has 2 amide bonds. The van der Waals surface area contributed by atoms with Crippen LogP contribution in [0.1, 0.15) is 0 Å². The second-order valence-electron chi connectivity index (χ2n) is 3.52. The lowest BCUT2D eigenvalue weighted by Gasteiger charge is -2.11. The molecule has 0 heterocycles. The topological polar surface area (TPSA) is 59.6 Å². The van der Waals surface area contributed by atoms with E-state index in [0.717, 1.165) is 0 Å².